The largest absolute Gasteiger partial charge is 0.293 e. The molecule has 2 rings (SSSR count). The molecule has 2 aromatic rings. The topological polar surface area (TPSA) is 34.1 Å². The Balaban J connectivity index is 2.08. The molecule has 1 unspecified atom stereocenters. The van der Waals surface area contributed by atoms with E-state index in [4.69, 9.17) is 0 Å². The van der Waals surface area contributed by atoms with Crippen molar-refractivity contribution in [1.29, 1.82) is 0 Å². The zero-order valence-electron chi connectivity index (χ0n) is 9.81. The molecule has 0 saturated heterocycles. The van der Waals surface area contributed by atoms with E-state index in [0.717, 1.165) is 4.47 Å². The van der Waals surface area contributed by atoms with Gasteiger partial charge in [-0.05, 0) is 36.4 Å². The quantitative estimate of drug-likeness (QED) is 0.797. The summed E-state index contributed by atoms with van der Waals surface area (Å²) in [4.78, 5) is 12.4. The third-order valence-electron chi connectivity index (χ3n) is 2.50. The Bertz CT molecular complexity index is 553. The fourth-order valence-electron chi connectivity index (χ4n) is 1.51. The zero-order chi connectivity index (χ0) is 13.8. The van der Waals surface area contributed by atoms with E-state index in [1.807, 2.05) is 0 Å². The van der Waals surface area contributed by atoms with Gasteiger partial charge in [0, 0.05) is 14.9 Å². The molecule has 1 atom stereocenters. The molecular weight excluding hydrogens is 331 g/mol. The van der Waals surface area contributed by atoms with Gasteiger partial charge in [0.05, 0.1) is 16.6 Å². The lowest BCUT2D eigenvalue weighted by Gasteiger charge is -2.02. The van der Waals surface area contributed by atoms with Crippen LogP contribution >= 0.6 is 15.9 Å². The van der Waals surface area contributed by atoms with Crippen LogP contribution < -0.4 is 0 Å². The average molecular weight is 341 g/mol. The predicted molar refractivity (Wildman–Crippen MR) is 76.1 cm³/mol. The maximum absolute atomic E-state index is 12.7. The number of carbonyl (C=O) groups is 1. The SMILES string of the molecule is O=C(CS(=O)c1ccc(F)cc1)c1ccc(Br)cc1. The molecule has 0 spiro atoms. The van der Waals surface area contributed by atoms with E-state index in [-0.39, 0.29) is 17.4 Å². The third-order valence-corrected chi connectivity index (χ3v) is 4.36. The Labute approximate surface area is 121 Å². The highest BCUT2D eigenvalue weighted by Crippen LogP contribution is 2.13. The van der Waals surface area contributed by atoms with E-state index in [0.29, 0.717) is 10.5 Å². The molecule has 2 aromatic carbocycles. The van der Waals surface area contributed by atoms with Crippen LogP contribution in [0.25, 0.3) is 0 Å². The normalized spacial score (nSPS) is 12.1. The Morgan fingerprint density at radius 3 is 2.21 bits per heavy atom. The van der Waals surface area contributed by atoms with Crippen molar-refractivity contribution in [3.63, 3.8) is 0 Å². The summed E-state index contributed by atoms with van der Waals surface area (Å²) < 4.78 is 25.6. The van der Waals surface area contributed by atoms with Crippen LogP contribution in [0.5, 0.6) is 0 Å². The second-order valence-corrected chi connectivity index (χ2v) is 6.24. The molecule has 0 saturated carbocycles. The maximum Gasteiger partial charge on any atom is 0.175 e. The van der Waals surface area contributed by atoms with Gasteiger partial charge in [0.1, 0.15) is 5.82 Å². The van der Waals surface area contributed by atoms with Crippen LogP contribution in [0.2, 0.25) is 0 Å². The van der Waals surface area contributed by atoms with Crippen LogP contribution in [0.15, 0.2) is 57.9 Å². The van der Waals surface area contributed by atoms with Crippen molar-refractivity contribution in [2.75, 3.05) is 5.75 Å². The van der Waals surface area contributed by atoms with E-state index < -0.39 is 10.8 Å². The minimum Gasteiger partial charge on any atom is -0.293 e. The number of carbonyl (C=O) groups excluding carboxylic acids is 1. The van der Waals surface area contributed by atoms with Gasteiger partial charge in [-0.3, -0.25) is 9.00 Å². The maximum atomic E-state index is 12.7. The fraction of sp³-hybridized carbons (Fsp3) is 0.0714. The lowest BCUT2D eigenvalue weighted by Crippen LogP contribution is -2.11. The van der Waals surface area contributed by atoms with Gasteiger partial charge < -0.3 is 0 Å². The number of hydrogen-bond donors (Lipinski definition) is 0. The molecule has 98 valence electrons. The summed E-state index contributed by atoms with van der Waals surface area (Å²) in [6, 6.07) is 12.2. The summed E-state index contributed by atoms with van der Waals surface area (Å²) in [5.74, 6) is -0.692. The molecular formula is C14H10BrFO2S. The summed E-state index contributed by atoms with van der Waals surface area (Å²) >= 11 is 3.28. The molecule has 0 aromatic heterocycles. The molecule has 0 N–H and O–H groups in total. The van der Waals surface area contributed by atoms with Crippen LogP contribution in [0.1, 0.15) is 10.4 Å². The van der Waals surface area contributed by atoms with Gasteiger partial charge in [0.25, 0.3) is 0 Å². The number of Topliss-reactive ketones (excluding diaryl/α,β-unsaturated/α-hetero) is 1. The summed E-state index contributed by atoms with van der Waals surface area (Å²) in [6.45, 7) is 0. The van der Waals surface area contributed by atoms with Gasteiger partial charge in [0.2, 0.25) is 0 Å². The first-order valence-electron chi connectivity index (χ1n) is 5.49. The minimum atomic E-state index is -1.46. The average Bonchev–Trinajstić information content (AvgIpc) is 2.40. The highest BCUT2D eigenvalue weighted by Gasteiger charge is 2.12. The third kappa shape index (κ3) is 3.81. The zero-order valence-corrected chi connectivity index (χ0v) is 12.2. The molecule has 0 aliphatic rings. The van der Waals surface area contributed by atoms with E-state index in [1.54, 1.807) is 24.3 Å². The van der Waals surface area contributed by atoms with E-state index in [1.165, 1.54) is 24.3 Å². The predicted octanol–water partition coefficient (Wildman–Crippen LogP) is 3.58. The van der Waals surface area contributed by atoms with E-state index in [9.17, 15) is 13.4 Å². The monoisotopic (exact) mass is 340 g/mol. The molecule has 0 fully saturated rings. The lowest BCUT2D eigenvalue weighted by molar-refractivity contribution is 0.102. The first-order chi connectivity index (χ1) is 9.06. The van der Waals surface area contributed by atoms with Gasteiger partial charge in [-0.25, -0.2) is 4.39 Å². The number of rotatable bonds is 4. The Kier molecular flexibility index (Phi) is 4.61. The van der Waals surface area contributed by atoms with E-state index in [2.05, 4.69) is 15.9 Å². The molecule has 0 aliphatic carbocycles. The Hall–Kier alpha value is -1.33. The summed E-state index contributed by atoms with van der Waals surface area (Å²) in [6.07, 6.45) is 0. The minimum absolute atomic E-state index is 0.104. The van der Waals surface area contributed by atoms with Gasteiger partial charge in [0.15, 0.2) is 5.78 Å². The lowest BCUT2D eigenvalue weighted by atomic mass is 10.2. The molecule has 5 heteroatoms. The second-order valence-electron chi connectivity index (χ2n) is 3.87. The molecule has 0 bridgehead atoms. The van der Waals surface area contributed by atoms with Crippen molar-refractivity contribution in [3.8, 4) is 0 Å². The summed E-state index contributed by atoms with van der Waals surface area (Å²) in [5.41, 5.74) is 0.513. The van der Waals surface area contributed by atoms with Crippen molar-refractivity contribution in [1.82, 2.24) is 0 Å². The van der Waals surface area contributed by atoms with Gasteiger partial charge in [-0.2, -0.15) is 0 Å². The van der Waals surface area contributed by atoms with Crippen LogP contribution in [0.4, 0.5) is 4.39 Å². The summed E-state index contributed by atoms with van der Waals surface area (Å²) in [7, 11) is -1.46. The second kappa shape index (κ2) is 6.21. The van der Waals surface area contributed by atoms with Crippen molar-refractivity contribution >= 4 is 32.5 Å². The smallest absolute Gasteiger partial charge is 0.175 e. The molecule has 0 radical (unpaired) electrons. The number of ketones is 1. The van der Waals surface area contributed by atoms with Crippen molar-refractivity contribution in [2.45, 2.75) is 4.90 Å². The molecule has 0 amide bonds. The summed E-state index contributed by atoms with van der Waals surface area (Å²) in [5, 5.41) is 0. The molecule has 0 heterocycles. The van der Waals surface area contributed by atoms with Gasteiger partial charge in [-0.1, -0.05) is 28.1 Å². The Morgan fingerprint density at radius 2 is 1.63 bits per heavy atom. The van der Waals surface area contributed by atoms with Crippen LogP contribution in [-0.2, 0) is 10.8 Å². The van der Waals surface area contributed by atoms with E-state index >= 15 is 0 Å². The fourth-order valence-corrected chi connectivity index (χ4v) is 2.78. The Morgan fingerprint density at radius 1 is 1.05 bits per heavy atom. The number of halogens is 2. The van der Waals surface area contributed by atoms with Gasteiger partial charge in [-0.15, -0.1) is 0 Å². The highest BCUT2D eigenvalue weighted by molar-refractivity contribution is 9.10. The first-order valence-corrected chi connectivity index (χ1v) is 7.60. The van der Waals surface area contributed by atoms with Crippen molar-refractivity contribution in [2.24, 2.45) is 0 Å². The van der Waals surface area contributed by atoms with Crippen LogP contribution in [-0.4, -0.2) is 15.7 Å². The van der Waals surface area contributed by atoms with Crippen molar-refractivity contribution in [3.05, 3.63) is 64.4 Å². The highest BCUT2D eigenvalue weighted by atomic mass is 79.9. The van der Waals surface area contributed by atoms with Crippen LogP contribution in [0, 0.1) is 5.82 Å². The van der Waals surface area contributed by atoms with Crippen LogP contribution in [0.3, 0.4) is 0 Å². The number of hydrogen-bond acceptors (Lipinski definition) is 2. The van der Waals surface area contributed by atoms with Crippen molar-refractivity contribution < 1.29 is 13.4 Å². The standard InChI is InChI=1S/C14H10BrFO2S/c15-11-3-1-10(2-4-11)14(17)9-19(18)13-7-5-12(16)6-8-13/h1-8H,9H2. The molecule has 19 heavy (non-hydrogen) atoms. The van der Waals surface area contributed by atoms with Gasteiger partial charge >= 0.3 is 0 Å². The number of benzene rings is 2. The molecule has 0 aliphatic heterocycles. The molecule has 2 nitrogen and oxygen atoms in total. The first kappa shape index (κ1) is 14.1.